The van der Waals surface area contributed by atoms with Crippen molar-refractivity contribution in [2.45, 2.75) is 20.8 Å². The number of rotatable bonds is 6. The molecule has 0 saturated heterocycles. The van der Waals surface area contributed by atoms with Gasteiger partial charge in [0.2, 0.25) is 0 Å². The first-order valence-corrected chi connectivity index (χ1v) is 7.71. The number of hydrogen-bond acceptors (Lipinski definition) is 4. The number of benzene rings is 1. The van der Waals surface area contributed by atoms with Crippen LogP contribution in [-0.2, 0) is 29.0 Å². The smallest absolute Gasteiger partial charge is 0.0313 e. The van der Waals surface area contributed by atoms with E-state index in [4.69, 9.17) is 15.7 Å². The van der Waals surface area contributed by atoms with Crippen molar-refractivity contribution in [1.82, 2.24) is 0 Å². The Morgan fingerprint density at radius 3 is 1.53 bits per heavy atom. The van der Waals surface area contributed by atoms with Crippen LogP contribution in [0.2, 0.25) is 0 Å². The van der Waals surface area contributed by atoms with Crippen LogP contribution in [0.15, 0.2) is 30.3 Å². The molecular weight excluding hydrogens is 254 g/mol. The fourth-order valence-electron chi connectivity index (χ4n) is 0.932. The molecular formula is C12H22NO3Ti. The zero-order valence-corrected chi connectivity index (χ0v) is 12.4. The van der Waals surface area contributed by atoms with Gasteiger partial charge >= 0.3 is 69.6 Å². The van der Waals surface area contributed by atoms with Crippen molar-refractivity contribution in [2.75, 3.05) is 25.6 Å². The molecule has 0 radical (unpaired) electrons. The molecule has 0 amide bonds. The van der Waals surface area contributed by atoms with Crippen molar-refractivity contribution in [3.8, 4) is 0 Å². The summed E-state index contributed by atoms with van der Waals surface area (Å²) in [5.41, 5.74) is 6.18. The van der Waals surface area contributed by atoms with Crippen molar-refractivity contribution in [1.29, 1.82) is 0 Å². The topological polar surface area (TPSA) is 53.7 Å². The van der Waals surface area contributed by atoms with Gasteiger partial charge in [-0.3, -0.25) is 0 Å². The van der Waals surface area contributed by atoms with E-state index in [1.165, 1.54) is 0 Å². The second-order valence-corrected chi connectivity index (χ2v) is 5.09. The summed E-state index contributed by atoms with van der Waals surface area (Å²) < 4.78 is 15.7. The molecule has 5 heteroatoms. The van der Waals surface area contributed by atoms with Crippen LogP contribution < -0.4 is 5.73 Å². The molecule has 0 unspecified atom stereocenters. The molecule has 4 nitrogen and oxygen atoms in total. The van der Waals surface area contributed by atoms with Crippen molar-refractivity contribution in [2.24, 2.45) is 0 Å². The predicted octanol–water partition coefficient (Wildman–Crippen LogP) is 2.73. The summed E-state index contributed by atoms with van der Waals surface area (Å²) in [6.07, 6.45) is 0. The number of para-hydroxylation sites is 1. The van der Waals surface area contributed by atoms with Gasteiger partial charge in [0.1, 0.15) is 0 Å². The SMILES string of the molecule is CC[O][Ti]([O]CC)[O]CC.Nc1ccccc1. The Morgan fingerprint density at radius 2 is 1.29 bits per heavy atom. The zero-order valence-electron chi connectivity index (χ0n) is 10.8. The minimum Gasteiger partial charge on any atom is -0.399 e. The van der Waals surface area contributed by atoms with Gasteiger partial charge in [-0.05, 0) is 12.1 Å². The van der Waals surface area contributed by atoms with Gasteiger partial charge in [0.05, 0.1) is 0 Å². The monoisotopic (exact) mass is 276 g/mol. The molecule has 0 aromatic heterocycles. The first-order valence-electron chi connectivity index (χ1n) is 5.80. The van der Waals surface area contributed by atoms with Crippen LogP contribution in [0.4, 0.5) is 5.69 Å². The van der Waals surface area contributed by atoms with Crippen LogP contribution >= 0.6 is 0 Å². The number of nitrogens with two attached hydrogens (primary N) is 1. The molecule has 0 heterocycles. The average molecular weight is 276 g/mol. The molecule has 97 valence electrons. The molecule has 1 aromatic carbocycles. The summed E-state index contributed by atoms with van der Waals surface area (Å²) in [5, 5.41) is 0. The Labute approximate surface area is 111 Å². The third-order valence-corrected chi connectivity index (χ3v) is 4.04. The molecule has 0 aliphatic carbocycles. The third kappa shape index (κ3) is 10.5. The molecule has 17 heavy (non-hydrogen) atoms. The maximum Gasteiger partial charge on any atom is 0.0313 e. The van der Waals surface area contributed by atoms with E-state index in [0.717, 1.165) is 5.69 Å². The van der Waals surface area contributed by atoms with E-state index in [1.807, 2.05) is 51.1 Å². The number of nitrogen functional groups attached to an aromatic ring is 1. The normalized spacial score (nSPS) is 9.35. The Morgan fingerprint density at radius 1 is 0.882 bits per heavy atom. The molecule has 0 spiro atoms. The van der Waals surface area contributed by atoms with Gasteiger partial charge in [-0.15, -0.1) is 0 Å². The Balaban J connectivity index is 0.000000318. The van der Waals surface area contributed by atoms with E-state index in [1.54, 1.807) is 0 Å². The van der Waals surface area contributed by atoms with E-state index in [9.17, 15) is 0 Å². The van der Waals surface area contributed by atoms with Crippen LogP contribution in [0, 0.1) is 0 Å². The molecule has 0 bridgehead atoms. The predicted molar refractivity (Wildman–Crippen MR) is 65.7 cm³/mol. The van der Waals surface area contributed by atoms with Crippen LogP contribution in [0.5, 0.6) is 0 Å². The first kappa shape index (κ1) is 16.6. The largest absolute Gasteiger partial charge is 0.399 e. The number of anilines is 1. The van der Waals surface area contributed by atoms with Gasteiger partial charge in [0.25, 0.3) is 0 Å². The fraction of sp³-hybridized carbons (Fsp3) is 0.500. The van der Waals surface area contributed by atoms with Crippen LogP contribution in [0.1, 0.15) is 20.8 Å². The standard InChI is InChI=1S/C6H7N.3C2H5O.Ti/c7-6-4-2-1-3-5-6;3*1-2-3;/h1-5H,7H2;3*2H2,1H3;/q;3*-1;+3. The van der Waals surface area contributed by atoms with Gasteiger partial charge in [0, 0.05) is 5.69 Å². The van der Waals surface area contributed by atoms with Gasteiger partial charge in [-0.25, -0.2) is 0 Å². The maximum absolute atomic E-state index is 5.36. The number of hydrogen-bond donors (Lipinski definition) is 1. The van der Waals surface area contributed by atoms with Gasteiger partial charge in [-0.1, -0.05) is 18.2 Å². The van der Waals surface area contributed by atoms with Crippen LogP contribution in [0.3, 0.4) is 0 Å². The van der Waals surface area contributed by atoms with Crippen molar-refractivity contribution >= 4 is 5.69 Å². The van der Waals surface area contributed by atoms with E-state index in [2.05, 4.69) is 0 Å². The minimum absolute atomic E-state index is 0.690. The maximum atomic E-state index is 5.36. The quantitative estimate of drug-likeness (QED) is 0.641. The van der Waals surface area contributed by atoms with Crippen molar-refractivity contribution in [3.05, 3.63) is 30.3 Å². The second-order valence-electron chi connectivity index (χ2n) is 2.96. The van der Waals surface area contributed by atoms with Gasteiger partial charge in [0.15, 0.2) is 0 Å². The van der Waals surface area contributed by atoms with Crippen molar-refractivity contribution < 1.29 is 29.0 Å². The first-order chi connectivity index (χ1) is 8.24. The minimum atomic E-state index is -1.99. The molecule has 2 N–H and O–H groups in total. The molecule has 0 saturated carbocycles. The van der Waals surface area contributed by atoms with Gasteiger partial charge < -0.3 is 5.73 Å². The third-order valence-electron chi connectivity index (χ3n) is 1.59. The molecule has 1 rings (SSSR count). The van der Waals surface area contributed by atoms with E-state index < -0.39 is 19.0 Å². The van der Waals surface area contributed by atoms with Crippen LogP contribution in [-0.4, -0.2) is 19.8 Å². The van der Waals surface area contributed by atoms with E-state index in [-0.39, 0.29) is 0 Å². The zero-order chi connectivity index (χ0) is 12.9. The van der Waals surface area contributed by atoms with E-state index in [0.29, 0.717) is 19.8 Å². The van der Waals surface area contributed by atoms with Crippen molar-refractivity contribution in [3.63, 3.8) is 0 Å². The molecule has 0 fully saturated rings. The Kier molecular flexibility index (Phi) is 11.8. The van der Waals surface area contributed by atoms with Gasteiger partial charge in [-0.2, -0.15) is 0 Å². The molecule has 1 aromatic rings. The molecule has 0 aliphatic heterocycles. The second kappa shape index (κ2) is 12.1. The average Bonchev–Trinajstić information content (AvgIpc) is 2.32. The van der Waals surface area contributed by atoms with E-state index >= 15 is 0 Å². The summed E-state index contributed by atoms with van der Waals surface area (Å²) in [5.74, 6) is 0. The molecule has 0 atom stereocenters. The molecule has 0 aliphatic rings. The summed E-state index contributed by atoms with van der Waals surface area (Å²) in [4.78, 5) is 0. The van der Waals surface area contributed by atoms with Crippen LogP contribution in [0.25, 0.3) is 0 Å². The summed E-state index contributed by atoms with van der Waals surface area (Å²) in [6.45, 7) is 7.92. The summed E-state index contributed by atoms with van der Waals surface area (Å²) in [6, 6.07) is 9.49. The Bertz CT molecular complexity index is 245. The summed E-state index contributed by atoms with van der Waals surface area (Å²) >= 11 is -1.99. The Hall–Kier alpha value is -0.386. The summed E-state index contributed by atoms with van der Waals surface area (Å²) in [7, 11) is 0. The fourth-order valence-corrected chi connectivity index (χ4v) is 2.43.